The third-order valence-corrected chi connectivity index (χ3v) is 7.77. The van der Waals surface area contributed by atoms with E-state index in [0.717, 1.165) is 24.8 Å². The van der Waals surface area contributed by atoms with Crippen LogP contribution in [-0.2, 0) is 10.0 Å². The average Bonchev–Trinajstić information content (AvgIpc) is 2.86. The number of carbonyl (C=O) groups is 2. The van der Waals surface area contributed by atoms with E-state index in [0.29, 0.717) is 30.0 Å². The van der Waals surface area contributed by atoms with Gasteiger partial charge < -0.3 is 10.2 Å². The lowest BCUT2D eigenvalue weighted by molar-refractivity contribution is 0.0725. The summed E-state index contributed by atoms with van der Waals surface area (Å²) in [5.41, 5.74) is 2.02. The van der Waals surface area contributed by atoms with Gasteiger partial charge in [0.25, 0.3) is 21.8 Å². The van der Waals surface area contributed by atoms with Crippen LogP contribution in [0.15, 0.2) is 71.6 Å². The Kier molecular flexibility index (Phi) is 7.42. The van der Waals surface area contributed by atoms with E-state index in [1.165, 1.54) is 18.2 Å². The molecule has 7 nitrogen and oxygen atoms in total. The van der Waals surface area contributed by atoms with Crippen molar-refractivity contribution in [1.29, 1.82) is 0 Å². The predicted octanol–water partition coefficient (Wildman–Crippen LogP) is 5.33. The SMILES string of the molecule is Cc1ccccc1NS(=O)(=O)c1cc(C(=O)Nc2ccccc2C(=O)N2CCCCC2)ccc1Cl. The van der Waals surface area contributed by atoms with Crippen molar-refractivity contribution in [3.05, 3.63) is 88.4 Å². The first-order valence-electron chi connectivity index (χ1n) is 11.3. The standard InChI is InChI=1S/C26H26ClN3O4S/c1-18-9-3-5-11-22(18)29-35(33,34)24-17-19(13-14-21(24)27)25(31)28-23-12-6-4-10-20(23)26(32)30-15-7-2-8-16-30/h3-6,9-14,17,29H,2,7-8,15-16H2,1H3,(H,28,31). The van der Waals surface area contributed by atoms with Crippen molar-refractivity contribution < 1.29 is 18.0 Å². The normalized spacial score (nSPS) is 13.8. The van der Waals surface area contributed by atoms with E-state index in [1.54, 1.807) is 60.4 Å². The summed E-state index contributed by atoms with van der Waals surface area (Å²) in [7, 11) is -4.05. The molecular formula is C26H26ClN3O4S. The molecule has 2 amide bonds. The summed E-state index contributed by atoms with van der Waals surface area (Å²) in [5.74, 6) is -0.685. The lowest BCUT2D eigenvalue weighted by Gasteiger charge is -2.27. The van der Waals surface area contributed by atoms with Gasteiger partial charge in [-0.3, -0.25) is 14.3 Å². The van der Waals surface area contributed by atoms with Crippen LogP contribution in [0.1, 0.15) is 45.5 Å². The maximum absolute atomic E-state index is 13.1. The van der Waals surface area contributed by atoms with Gasteiger partial charge in [-0.1, -0.05) is 41.9 Å². The maximum atomic E-state index is 13.1. The largest absolute Gasteiger partial charge is 0.339 e. The quantitative estimate of drug-likeness (QED) is 0.467. The van der Waals surface area contributed by atoms with Gasteiger partial charge in [-0.05, 0) is 68.1 Å². The summed E-state index contributed by atoms with van der Waals surface area (Å²) in [6, 6.07) is 17.8. The number of amides is 2. The van der Waals surface area contributed by atoms with Gasteiger partial charge in [-0.2, -0.15) is 0 Å². The fraction of sp³-hybridized carbons (Fsp3) is 0.231. The van der Waals surface area contributed by atoms with Crippen molar-refractivity contribution in [1.82, 2.24) is 4.90 Å². The monoisotopic (exact) mass is 511 g/mol. The summed E-state index contributed by atoms with van der Waals surface area (Å²) >= 11 is 6.20. The topological polar surface area (TPSA) is 95.6 Å². The van der Waals surface area contributed by atoms with Crippen molar-refractivity contribution >= 4 is 44.8 Å². The van der Waals surface area contributed by atoms with Crippen LogP contribution in [-0.4, -0.2) is 38.2 Å². The first kappa shape index (κ1) is 24.8. The highest BCUT2D eigenvalue weighted by Crippen LogP contribution is 2.27. The van der Waals surface area contributed by atoms with Crippen LogP contribution in [0.4, 0.5) is 11.4 Å². The van der Waals surface area contributed by atoms with Crippen LogP contribution in [0.25, 0.3) is 0 Å². The van der Waals surface area contributed by atoms with Gasteiger partial charge in [0.15, 0.2) is 0 Å². The van der Waals surface area contributed by atoms with Gasteiger partial charge in [0.1, 0.15) is 4.90 Å². The summed E-state index contributed by atoms with van der Waals surface area (Å²) < 4.78 is 28.6. The molecule has 3 aromatic rings. The van der Waals surface area contributed by atoms with Gasteiger partial charge >= 0.3 is 0 Å². The molecule has 1 heterocycles. The Bertz CT molecular complexity index is 1370. The minimum atomic E-state index is -4.05. The van der Waals surface area contributed by atoms with E-state index >= 15 is 0 Å². The van der Waals surface area contributed by atoms with Gasteiger partial charge in [0.2, 0.25) is 0 Å². The molecule has 0 unspecified atom stereocenters. The maximum Gasteiger partial charge on any atom is 0.263 e. The minimum Gasteiger partial charge on any atom is -0.339 e. The number of hydrogen-bond donors (Lipinski definition) is 2. The van der Waals surface area contributed by atoms with Crippen LogP contribution in [0.5, 0.6) is 0 Å². The molecule has 0 saturated carbocycles. The highest BCUT2D eigenvalue weighted by atomic mass is 35.5. The Morgan fingerprint density at radius 1 is 0.886 bits per heavy atom. The number of piperidine rings is 1. The number of aryl methyl sites for hydroxylation is 1. The number of halogens is 1. The summed E-state index contributed by atoms with van der Waals surface area (Å²) in [4.78, 5) is 27.7. The number of anilines is 2. The van der Waals surface area contributed by atoms with Crippen LogP contribution in [0.3, 0.4) is 0 Å². The average molecular weight is 512 g/mol. The number of rotatable bonds is 6. The van der Waals surface area contributed by atoms with Crippen molar-refractivity contribution in [2.45, 2.75) is 31.1 Å². The molecule has 182 valence electrons. The molecule has 35 heavy (non-hydrogen) atoms. The zero-order valence-corrected chi connectivity index (χ0v) is 20.8. The number of likely N-dealkylation sites (tertiary alicyclic amines) is 1. The molecule has 1 saturated heterocycles. The van der Waals surface area contributed by atoms with E-state index in [9.17, 15) is 18.0 Å². The van der Waals surface area contributed by atoms with Gasteiger partial charge in [-0.15, -0.1) is 0 Å². The summed E-state index contributed by atoms with van der Waals surface area (Å²) in [6.07, 6.45) is 3.01. The van der Waals surface area contributed by atoms with E-state index in [1.807, 2.05) is 0 Å². The van der Waals surface area contributed by atoms with Gasteiger partial charge in [-0.25, -0.2) is 8.42 Å². The molecule has 1 aliphatic rings. The second kappa shape index (κ2) is 10.5. The Morgan fingerprint density at radius 3 is 2.26 bits per heavy atom. The number of benzene rings is 3. The third kappa shape index (κ3) is 5.66. The molecule has 9 heteroatoms. The second-order valence-corrected chi connectivity index (χ2v) is 10.5. The zero-order chi connectivity index (χ0) is 25.0. The molecule has 0 aromatic heterocycles. The van der Waals surface area contributed by atoms with Gasteiger partial charge in [0.05, 0.1) is 22.0 Å². The molecule has 0 bridgehead atoms. The van der Waals surface area contributed by atoms with Crippen molar-refractivity contribution in [2.75, 3.05) is 23.1 Å². The van der Waals surface area contributed by atoms with Gasteiger partial charge in [0, 0.05) is 18.7 Å². The number of para-hydroxylation sites is 2. The second-order valence-electron chi connectivity index (χ2n) is 8.42. The number of nitrogens with zero attached hydrogens (tertiary/aromatic N) is 1. The fourth-order valence-corrected chi connectivity index (χ4v) is 5.64. The number of carbonyl (C=O) groups excluding carboxylic acids is 2. The van der Waals surface area contributed by atoms with Crippen LogP contribution in [0.2, 0.25) is 5.02 Å². The molecule has 3 aromatic carbocycles. The van der Waals surface area contributed by atoms with E-state index in [2.05, 4.69) is 10.0 Å². The molecule has 0 atom stereocenters. The molecular weight excluding hydrogens is 486 g/mol. The Hall–Kier alpha value is -3.36. The van der Waals surface area contributed by atoms with E-state index in [-0.39, 0.29) is 21.4 Å². The van der Waals surface area contributed by atoms with Crippen LogP contribution < -0.4 is 10.0 Å². The summed E-state index contributed by atoms with van der Waals surface area (Å²) in [6.45, 7) is 3.16. The highest BCUT2D eigenvalue weighted by molar-refractivity contribution is 7.92. The molecule has 1 fully saturated rings. The smallest absolute Gasteiger partial charge is 0.263 e. The Morgan fingerprint density at radius 2 is 1.54 bits per heavy atom. The first-order valence-corrected chi connectivity index (χ1v) is 13.2. The number of nitrogens with one attached hydrogen (secondary N) is 2. The number of hydrogen-bond acceptors (Lipinski definition) is 4. The first-order chi connectivity index (χ1) is 16.8. The summed E-state index contributed by atoms with van der Waals surface area (Å²) in [5, 5.41) is 2.75. The van der Waals surface area contributed by atoms with Crippen LogP contribution >= 0.6 is 11.6 Å². The molecule has 0 spiro atoms. The van der Waals surface area contributed by atoms with Crippen molar-refractivity contribution in [3.8, 4) is 0 Å². The molecule has 0 radical (unpaired) electrons. The minimum absolute atomic E-state index is 0.0108. The zero-order valence-electron chi connectivity index (χ0n) is 19.3. The lowest BCUT2D eigenvalue weighted by Crippen LogP contribution is -2.36. The number of sulfonamides is 1. The molecule has 4 rings (SSSR count). The Balaban J connectivity index is 1.58. The van der Waals surface area contributed by atoms with E-state index in [4.69, 9.17) is 11.6 Å². The Labute approximate surface area is 210 Å². The highest BCUT2D eigenvalue weighted by Gasteiger charge is 2.23. The predicted molar refractivity (Wildman–Crippen MR) is 138 cm³/mol. The molecule has 1 aliphatic heterocycles. The molecule has 0 aliphatic carbocycles. The molecule has 2 N–H and O–H groups in total. The van der Waals surface area contributed by atoms with Crippen molar-refractivity contribution in [3.63, 3.8) is 0 Å². The lowest BCUT2D eigenvalue weighted by atomic mass is 10.1. The van der Waals surface area contributed by atoms with E-state index < -0.39 is 15.9 Å². The third-order valence-electron chi connectivity index (χ3n) is 5.92. The van der Waals surface area contributed by atoms with Crippen LogP contribution in [0, 0.1) is 6.92 Å². The fourth-order valence-electron chi connectivity index (χ4n) is 3.98. The van der Waals surface area contributed by atoms with Crippen molar-refractivity contribution in [2.24, 2.45) is 0 Å².